The van der Waals surface area contributed by atoms with E-state index in [4.69, 9.17) is 5.73 Å². The molecule has 25 heavy (non-hydrogen) atoms. The number of carbonyl (C=O) groups excluding carboxylic acids is 2. The first-order valence-electron chi connectivity index (χ1n) is 8.70. The molecule has 0 bridgehead atoms. The molecule has 1 aromatic carbocycles. The molecule has 0 aromatic heterocycles. The number of hydrogen-bond acceptors (Lipinski definition) is 3. The molecular formula is C19H30ClN3O2. The Hall–Kier alpha value is -1.59. The lowest BCUT2D eigenvalue weighted by atomic mass is 9.87. The minimum absolute atomic E-state index is 0. The number of halogens is 1. The molecule has 1 aromatic rings. The van der Waals surface area contributed by atoms with Gasteiger partial charge in [0, 0.05) is 25.2 Å². The normalized spacial score (nSPS) is 15.9. The van der Waals surface area contributed by atoms with Crippen molar-refractivity contribution < 1.29 is 9.59 Å². The smallest absolute Gasteiger partial charge is 0.253 e. The summed E-state index contributed by atoms with van der Waals surface area (Å²) in [6.07, 6.45) is 3.38. The van der Waals surface area contributed by atoms with Gasteiger partial charge in [0.2, 0.25) is 5.91 Å². The van der Waals surface area contributed by atoms with Gasteiger partial charge in [0.1, 0.15) is 0 Å². The van der Waals surface area contributed by atoms with E-state index in [9.17, 15) is 9.59 Å². The zero-order chi connectivity index (χ0) is 17.7. The van der Waals surface area contributed by atoms with Crippen LogP contribution in [0.25, 0.3) is 0 Å². The second-order valence-electron chi connectivity index (χ2n) is 7.61. The van der Waals surface area contributed by atoms with Crippen molar-refractivity contribution in [1.29, 1.82) is 0 Å². The minimum atomic E-state index is -0.544. The first-order valence-corrected chi connectivity index (χ1v) is 8.70. The van der Waals surface area contributed by atoms with Crippen molar-refractivity contribution in [2.45, 2.75) is 52.6 Å². The average Bonchev–Trinajstić information content (AvgIpc) is 2.58. The molecule has 0 spiro atoms. The molecule has 2 rings (SSSR count). The highest BCUT2D eigenvalue weighted by atomic mass is 35.5. The Morgan fingerprint density at radius 3 is 2.20 bits per heavy atom. The van der Waals surface area contributed by atoms with Gasteiger partial charge in [-0.15, -0.1) is 12.4 Å². The number of hydrogen-bond donors (Lipinski definition) is 2. The van der Waals surface area contributed by atoms with Crippen LogP contribution in [0.3, 0.4) is 0 Å². The fourth-order valence-electron chi connectivity index (χ4n) is 2.74. The van der Waals surface area contributed by atoms with Crippen LogP contribution in [0, 0.1) is 5.41 Å². The molecule has 6 heteroatoms. The maximum Gasteiger partial charge on any atom is 0.253 e. The maximum atomic E-state index is 12.4. The third kappa shape index (κ3) is 6.01. The molecule has 0 saturated carbocycles. The molecule has 0 unspecified atom stereocenters. The molecule has 1 atom stereocenters. The molecule has 1 aliphatic heterocycles. The third-order valence-electron chi connectivity index (χ3n) is 4.53. The fourth-order valence-corrected chi connectivity index (χ4v) is 2.74. The highest BCUT2D eigenvalue weighted by Gasteiger charge is 2.27. The Morgan fingerprint density at radius 2 is 1.68 bits per heavy atom. The lowest BCUT2D eigenvalue weighted by molar-refractivity contribution is -0.124. The van der Waals surface area contributed by atoms with E-state index < -0.39 is 6.04 Å². The highest BCUT2D eigenvalue weighted by Crippen LogP contribution is 2.17. The second kappa shape index (κ2) is 9.20. The van der Waals surface area contributed by atoms with E-state index in [1.54, 1.807) is 0 Å². The van der Waals surface area contributed by atoms with Gasteiger partial charge in [-0.05, 0) is 42.4 Å². The molecule has 1 saturated heterocycles. The van der Waals surface area contributed by atoms with Gasteiger partial charge < -0.3 is 16.0 Å². The predicted octanol–water partition coefficient (Wildman–Crippen LogP) is 2.72. The van der Waals surface area contributed by atoms with Crippen LogP contribution in [0.4, 0.5) is 0 Å². The molecule has 1 fully saturated rings. The Morgan fingerprint density at radius 1 is 1.12 bits per heavy atom. The van der Waals surface area contributed by atoms with Crippen LogP contribution in [-0.4, -0.2) is 35.8 Å². The maximum absolute atomic E-state index is 12.4. The van der Waals surface area contributed by atoms with Gasteiger partial charge in [0.25, 0.3) is 5.91 Å². The van der Waals surface area contributed by atoms with E-state index in [-0.39, 0.29) is 29.6 Å². The van der Waals surface area contributed by atoms with E-state index >= 15 is 0 Å². The highest BCUT2D eigenvalue weighted by molar-refractivity contribution is 5.94. The zero-order valence-electron chi connectivity index (χ0n) is 15.4. The SMILES string of the molecule is CC(C)(C)[C@H](N)C(=O)NCc1ccc(C(=O)N2CCCCC2)cc1.Cl. The summed E-state index contributed by atoms with van der Waals surface area (Å²) in [6, 6.07) is 6.90. The Labute approximate surface area is 156 Å². The van der Waals surface area contributed by atoms with Crippen LogP contribution in [0.2, 0.25) is 0 Å². The van der Waals surface area contributed by atoms with E-state index in [1.807, 2.05) is 49.9 Å². The molecule has 140 valence electrons. The Bertz CT molecular complexity index is 575. The first-order chi connectivity index (χ1) is 11.3. The third-order valence-corrected chi connectivity index (χ3v) is 4.53. The number of rotatable bonds is 4. The van der Waals surface area contributed by atoms with E-state index in [2.05, 4.69) is 5.32 Å². The standard InChI is InChI=1S/C19H29N3O2.ClH/c1-19(2,3)16(20)17(23)21-13-14-7-9-15(10-8-14)18(24)22-11-5-4-6-12-22;/h7-10,16H,4-6,11-13,20H2,1-3H3,(H,21,23);1H/t16-;/m1./s1. The summed E-state index contributed by atoms with van der Waals surface area (Å²) in [4.78, 5) is 26.4. The summed E-state index contributed by atoms with van der Waals surface area (Å²) in [6.45, 7) is 7.94. The van der Waals surface area contributed by atoms with Crippen molar-refractivity contribution in [3.63, 3.8) is 0 Å². The zero-order valence-corrected chi connectivity index (χ0v) is 16.2. The Kier molecular flexibility index (Phi) is 7.90. The van der Waals surface area contributed by atoms with Gasteiger partial charge in [-0.2, -0.15) is 0 Å². The number of nitrogens with two attached hydrogens (primary N) is 1. The number of nitrogens with one attached hydrogen (secondary N) is 1. The predicted molar refractivity (Wildman–Crippen MR) is 103 cm³/mol. The van der Waals surface area contributed by atoms with Gasteiger partial charge >= 0.3 is 0 Å². The van der Waals surface area contributed by atoms with E-state index in [1.165, 1.54) is 6.42 Å². The van der Waals surface area contributed by atoms with Crippen molar-refractivity contribution in [2.24, 2.45) is 11.1 Å². The molecule has 1 heterocycles. The quantitative estimate of drug-likeness (QED) is 0.859. The van der Waals surface area contributed by atoms with Gasteiger partial charge in [0.15, 0.2) is 0 Å². The van der Waals surface area contributed by atoms with Crippen LogP contribution < -0.4 is 11.1 Å². The van der Waals surface area contributed by atoms with Crippen LogP contribution in [-0.2, 0) is 11.3 Å². The van der Waals surface area contributed by atoms with Gasteiger partial charge in [-0.1, -0.05) is 32.9 Å². The number of benzene rings is 1. The lowest BCUT2D eigenvalue weighted by Gasteiger charge is -2.27. The van der Waals surface area contributed by atoms with Crippen LogP contribution in [0.15, 0.2) is 24.3 Å². The van der Waals surface area contributed by atoms with Crippen LogP contribution in [0.5, 0.6) is 0 Å². The van der Waals surface area contributed by atoms with Crippen molar-refractivity contribution in [2.75, 3.05) is 13.1 Å². The van der Waals surface area contributed by atoms with Crippen molar-refractivity contribution in [3.8, 4) is 0 Å². The fraction of sp³-hybridized carbons (Fsp3) is 0.579. The van der Waals surface area contributed by atoms with Crippen molar-refractivity contribution in [1.82, 2.24) is 10.2 Å². The minimum Gasteiger partial charge on any atom is -0.351 e. The summed E-state index contributed by atoms with van der Waals surface area (Å²) in [5.41, 5.74) is 7.34. The van der Waals surface area contributed by atoms with Crippen molar-refractivity contribution >= 4 is 24.2 Å². The summed E-state index contributed by atoms with van der Waals surface area (Å²) < 4.78 is 0. The largest absolute Gasteiger partial charge is 0.351 e. The van der Waals surface area contributed by atoms with Crippen LogP contribution in [0.1, 0.15) is 56.0 Å². The van der Waals surface area contributed by atoms with E-state index in [0.29, 0.717) is 12.1 Å². The number of nitrogens with zero attached hydrogens (tertiary/aromatic N) is 1. The van der Waals surface area contributed by atoms with Crippen molar-refractivity contribution in [3.05, 3.63) is 35.4 Å². The number of amides is 2. The summed E-state index contributed by atoms with van der Waals surface area (Å²) in [5, 5.41) is 2.86. The first kappa shape index (κ1) is 21.5. The number of piperidine rings is 1. The summed E-state index contributed by atoms with van der Waals surface area (Å²) in [5.74, 6) is -0.0592. The molecule has 2 amide bonds. The van der Waals surface area contributed by atoms with Gasteiger partial charge in [-0.25, -0.2) is 0 Å². The van der Waals surface area contributed by atoms with Gasteiger partial charge in [-0.3, -0.25) is 9.59 Å². The molecule has 3 N–H and O–H groups in total. The molecule has 0 radical (unpaired) electrons. The number of likely N-dealkylation sites (tertiary alicyclic amines) is 1. The average molecular weight is 368 g/mol. The molecule has 5 nitrogen and oxygen atoms in total. The van der Waals surface area contributed by atoms with Crippen LogP contribution >= 0.6 is 12.4 Å². The van der Waals surface area contributed by atoms with E-state index in [0.717, 1.165) is 31.5 Å². The summed E-state index contributed by atoms with van der Waals surface area (Å²) >= 11 is 0. The van der Waals surface area contributed by atoms with Gasteiger partial charge in [0.05, 0.1) is 6.04 Å². The monoisotopic (exact) mass is 367 g/mol. The molecular weight excluding hydrogens is 338 g/mol. The molecule has 0 aliphatic carbocycles. The summed E-state index contributed by atoms with van der Waals surface area (Å²) in [7, 11) is 0. The Balaban J connectivity index is 0.00000312. The number of carbonyl (C=O) groups is 2. The lowest BCUT2D eigenvalue weighted by Crippen LogP contribution is -2.48. The molecule has 1 aliphatic rings. The second-order valence-corrected chi connectivity index (χ2v) is 7.61. The topological polar surface area (TPSA) is 75.4 Å².